The van der Waals surface area contributed by atoms with Crippen LogP contribution in [0.15, 0.2) is 35.3 Å². The molecule has 1 aromatic carbocycles. The summed E-state index contributed by atoms with van der Waals surface area (Å²) in [5, 5.41) is 0. The van der Waals surface area contributed by atoms with Crippen LogP contribution in [0.2, 0.25) is 0 Å². The van der Waals surface area contributed by atoms with Gasteiger partial charge in [0.15, 0.2) is 5.96 Å². The summed E-state index contributed by atoms with van der Waals surface area (Å²) >= 11 is 0. The van der Waals surface area contributed by atoms with Gasteiger partial charge in [0, 0.05) is 13.1 Å². The van der Waals surface area contributed by atoms with Crippen molar-refractivity contribution in [3.8, 4) is 0 Å². The zero-order chi connectivity index (χ0) is 14.2. The van der Waals surface area contributed by atoms with Crippen molar-refractivity contribution in [3.05, 3.63) is 35.9 Å². The number of aliphatic imine (C=N–C) groups is 1. The first-order valence-corrected chi connectivity index (χ1v) is 7.42. The number of guanidine groups is 1. The van der Waals surface area contributed by atoms with Gasteiger partial charge >= 0.3 is 0 Å². The molecule has 1 heterocycles. The van der Waals surface area contributed by atoms with E-state index in [1.54, 1.807) is 0 Å². The van der Waals surface area contributed by atoms with E-state index in [1.165, 1.54) is 18.4 Å². The molecule has 4 nitrogen and oxygen atoms in total. The van der Waals surface area contributed by atoms with Gasteiger partial charge in [0.2, 0.25) is 0 Å². The number of nitrogens with zero attached hydrogens (tertiary/aromatic N) is 2. The fourth-order valence-corrected chi connectivity index (χ4v) is 2.49. The molecule has 1 atom stereocenters. The van der Waals surface area contributed by atoms with Crippen LogP contribution < -0.4 is 5.73 Å². The summed E-state index contributed by atoms with van der Waals surface area (Å²) in [7, 11) is 0. The Labute approximate surface area is 144 Å². The predicted molar refractivity (Wildman–Crippen MR) is 98.0 cm³/mol. The van der Waals surface area contributed by atoms with Gasteiger partial charge in [-0.25, -0.2) is 0 Å². The van der Waals surface area contributed by atoms with Crippen LogP contribution in [0.25, 0.3) is 0 Å². The molecule has 5 heteroatoms. The first-order chi connectivity index (χ1) is 9.75. The van der Waals surface area contributed by atoms with E-state index in [9.17, 15) is 0 Å². The number of likely N-dealkylation sites (tertiary alicyclic amines) is 1. The Morgan fingerprint density at radius 2 is 2.14 bits per heavy atom. The molecular formula is C16H26IN3O. The summed E-state index contributed by atoms with van der Waals surface area (Å²) in [5.41, 5.74) is 7.21. The molecule has 1 unspecified atom stereocenters. The molecule has 0 aromatic heterocycles. The van der Waals surface area contributed by atoms with E-state index in [0.29, 0.717) is 31.6 Å². The van der Waals surface area contributed by atoms with E-state index in [-0.39, 0.29) is 24.0 Å². The van der Waals surface area contributed by atoms with Crippen LogP contribution in [0.4, 0.5) is 0 Å². The van der Waals surface area contributed by atoms with Crippen molar-refractivity contribution in [2.75, 3.05) is 26.2 Å². The summed E-state index contributed by atoms with van der Waals surface area (Å²) in [5.74, 6) is 1.38. The zero-order valence-electron chi connectivity index (χ0n) is 12.7. The molecule has 0 saturated carbocycles. The minimum Gasteiger partial charge on any atom is -0.375 e. The van der Waals surface area contributed by atoms with Crippen molar-refractivity contribution >= 4 is 29.9 Å². The van der Waals surface area contributed by atoms with Gasteiger partial charge in [-0.1, -0.05) is 37.3 Å². The number of halogens is 1. The summed E-state index contributed by atoms with van der Waals surface area (Å²) in [4.78, 5) is 6.59. The van der Waals surface area contributed by atoms with Crippen molar-refractivity contribution in [3.63, 3.8) is 0 Å². The predicted octanol–water partition coefficient (Wildman–Crippen LogP) is 2.87. The topological polar surface area (TPSA) is 50.8 Å². The fourth-order valence-electron chi connectivity index (χ4n) is 2.49. The summed E-state index contributed by atoms with van der Waals surface area (Å²) < 4.78 is 5.60. The molecule has 1 aliphatic rings. The Morgan fingerprint density at radius 3 is 2.86 bits per heavy atom. The first-order valence-electron chi connectivity index (χ1n) is 7.42. The Morgan fingerprint density at radius 1 is 1.38 bits per heavy atom. The minimum absolute atomic E-state index is 0. The maximum absolute atomic E-state index is 6.02. The molecule has 0 bridgehead atoms. The average Bonchev–Trinajstić information content (AvgIpc) is 2.48. The molecule has 118 valence electrons. The second-order valence-corrected chi connectivity index (χ2v) is 5.47. The Kier molecular flexibility index (Phi) is 8.68. The second kappa shape index (κ2) is 10.00. The Hall–Kier alpha value is -0.820. The van der Waals surface area contributed by atoms with Gasteiger partial charge in [-0.05, 0) is 24.3 Å². The highest BCUT2D eigenvalue weighted by molar-refractivity contribution is 14.0. The summed E-state index contributed by atoms with van der Waals surface area (Å²) in [6.45, 7) is 6.20. The molecule has 1 aromatic rings. The van der Waals surface area contributed by atoms with Crippen molar-refractivity contribution in [2.24, 2.45) is 16.6 Å². The largest absolute Gasteiger partial charge is 0.375 e. The molecule has 1 fully saturated rings. The summed E-state index contributed by atoms with van der Waals surface area (Å²) in [6.07, 6.45) is 2.51. The average molecular weight is 403 g/mol. The van der Waals surface area contributed by atoms with E-state index < -0.39 is 0 Å². The van der Waals surface area contributed by atoms with Gasteiger partial charge in [-0.15, -0.1) is 24.0 Å². The Bertz CT molecular complexity index is 425. The molecule has 2 N–H and O–H groups in total. The lowest BCUT2D eigenvalue weighted by molar-refractivity contribution is 0.128. The third kappa shape index (κ3) is 6.65. The van der Waals surface area contributed by atoms with E-state index in [2.05, 4.69) is 28.9 Å². The van der Waals surface area contributed by atoms with E-state index in [4.69, 9.17) is 10.5 Å². The maximum atomic E-state index is 6.02. The van der Waals surface area contributed by atoms with E-state index in [0.717, 1.165) is 13.1 Å². The number of nitrogens with two attached hydrogens (primary N) is 1. The standard InChI is InChI=1S/C16H25N3O.HI/c1-14-6-5-10-19(12-14)16(17)18-9-11-20-13-15-7-3-2-4-8-15;/h2-4,7-8,14H,5-6,9-13H2,1H3,(H2,17,18);1H. The number of ether oxygens (including phenoxy) is 1. The van der Waals surface area contributed by atoms with Crippen LogP contribution in [-0.2, 0) is 11.3 Å². The molecular weight excluding hydrogens is 377 g/mol. The van der Waals surface area contributed by atoms with Gasteiger partial charge in [-0.2, -0.15) is 0 Å². The third-order valence-electron chi connectivity index (χ3n) is 3.60. The molecule has 1 aliphatic heterocycles. The third-order valence-corrected chi connectivity index (χ3v) is 3.60. The lowest BCUT2D eigenvalue weighted by Gasteiger charge is -2.31. The number of rotatable bonds is 5. The highest BCUT2D eigenvalue weighted by Crippen LogP contribution is 2.14. The van der Waals surface area contributed by atoms with Crippen LogP contribution in [0, 0.1) is 5.92 Å². The quantitative estimate of drug-likeness (QED) is 0.356. The van der Waals surface area contributed by atoms with E-state index in [1.807, 2.05) is 18.2 Å². The maximum Gasteiger partial charge on any atom is 0.191 e. The number of benzene rings is 1. The van der Waals surface area contributed by atoms with Crippen LogP contribution in [-0.4, -0.2) is 37.1 Å². The highest BCUT2D eigenvalue weighted by atomic mass is 127. The fraction of sp³-hybridized carbons (Fsp3) is 0.562. The van der Waals surface area contributed by atoms with Crippen LogP contribution in [0.1, 0.15) is 25.3 Å². The van der Waals surface area contributed by atoms with Gasteiger partial charge < -0.3 is 15.4 Å². The van der Waals surface area contributed by atoms with Gasteiger partial charge in [-0.3, -0.25) is 4.99 Å². The van der Waals surface area contributed by atoms with Gasteiger partial charge in [0.25, 0.3) is 0 Å². The number of hydrogen-bond acceptors (Lipinski definition) is 2. The van der Waals surface area contributed by atoms with Crippen LogP contribution in [0.3, 0.4) is 0 Å². The Balaban J connectivity index is 0.00000220. The van der Waals surface area contributed by atoms with Gasteiger partial charge in [0.1, 0.15) is 0 Å². The van der Waals surface area contributed by atoms with Crippen LogP contribution >= 0.6 is 24.0 Å². The number of piperidine rings is 1. The second-order valence-electron chi connectivity index (χ2n) is 5.47. The summed E-state index contributed by atoms with van der Waals surface area (Å²) in [6, 6.07) is 10.2. The molecule has 21 heavy (non-hydrogen) atoms. The van der Waals surface area contributed by atoms with Gasteiger partial charge in [0.05, 0.1) is 19.8 Å². The smallest absolute Gasteiger partial charge is 0.191 e. The van der Waals surface area contributed by atoms with Crippen molar-refractivity contribution < 1.29 is 4.74 Å². The minimum atomic E-state index is 0. The van der Waals surface area contributed by atoms with Crippen molar-refractivity contribution in [1.29, 1.82) is 0 Å². The first kappa shape index (κ1) is 18.2. The molecule has 1 saturated heterocycles. The zero-order valence-corrected chi connectivity index (χ0v) is 15.0. The monoisotopic (exact) mass is 403 g/mol. The van der Waals surface area contributed by atoms with Crippen molar-refractivity contribution in [2.45, 2.75) is 26.4 Å². The molecule has 0 radical (unpaired) electrons. The lowest BCUT2D eigenvalue weighted by Crippen LogP contribution is -2.43. The van der Waals surface area contributed by atoms with E-state index >= 15 is 0 Å². The molecule has 0 spiro atoms. The van der Waals surface area contributed by atoms with Crippen LogP contribution in [0.5, 0.6) is 0 Å². The lowest BCUT2D eigenvalue weighted by atomic mass is 10.0. The SMILES string of the molecule is CC1CCCN(C(N)=NCCOCc2ccccc2)C1.I. The molecule has 2 rings (SSSR count). The molecule has 0 aliphatic carbocycles. The molecule has 0 amide bonds. The number of hydrogen-bond donors (Lipinski definition) is 1. The van der Waals surface area contributed by atoms with Crippen molar-refractivity contribution in [1.82, 2.24) is 4.90 Å². The normalized spacial score (nSPS) is 19.2. The highest BCUT2D eigenvalue weighted by Gasteiger charge is 2.17.